The van der Waals surface area contributed by atoms with E-state index in [0.29, 0.717) is 21.3 Å². The normalized spacial score (nSPS) is 15.0. The van der Waals surface area contributed by atoms with Gasteiger partial charge in [-0.3, -0.25) is 4.79 Å². The fraction of sp³-hybridized carbons (Fsp3) is 0.286. The molecular weight excluding hydrogens is 424 g/mol. The molecule has 0 aromatic heterocycles. The summed E-state index contributed by atoms with van der Waals surface area (Å²) in [6.07, 6.45) is 1.24. The summed E-state index contributed by atoms with van der Waals surface area (Å²) in [5.41, 5.74) is 0.493. The van der Waals surface area contributed by atoms with E-state index in [-0.39, 0.29) is 5.69 Å². The van der Waals surface area contributed by atoms with Crippen LogP contribution in [0.1, 0.15) is 30.4 Å². The van der Waals surface area contributed by atoms with Gasteiger partial charge >= 0.3 is 6.18 Å². The van der Waals surface area contributed by atoms with Gasteiger partial charge in [-0.1, -0.05) is 29.3 Å². The lowest BCUT2D eigenvalue weighted by molar-refractivity contribution is -0.137. The molecular formula is C21H19Cl2F3N2O. The van der Waals surface area contributed by atoms with Crippen molar-refractivity contribution in [1.82, 2.24) is 0 Å². The van der Waals surface area contributed by atoms with Crippen molar-refractivity contribution in [2.75, 3.05) is 23.3 Å². The van der Waals surface area contributed by atoms with Crippen LogP contribution in [0.3, 0.4) is 0 Å². The number of benzene rings is 2. The van der Waals surface area contributed by atoms with Gasteiger partial charge in [-0.25, -0.2) is 0 Å². The van der Waals surface area contributed by atoms with Crippen LogP contribution < -0.4 is 10.2 Å². The number of carbonyl (C=O) groups excluding carboxylic acids is 1. The molecule has 29 heavy (non-hydrogen) atoms. The Bertz CT molecular complexity index is 923. The number of nitrogens with zero attached hydrogens (tertiary/aromatic N) is 1. The number of halogens is 5. The minimum Gasteiger partial charge on any atom is -0.370 e. The molecule has 2 aromatic carbocycles. The highest BCUT2D eigenvalue weighted by Crippen LogP contribution is 2.36. The third-order valence-corrected chi connectivity index (χ3v) is 5.22. The highest BCUT2D eigenvalue weighted by atomic mass is 35.5. The second-order valence-corrected chi connectivity index (χ2v) is 7.61. The molecule has 0 saturated carbocycles. The van der Waals surface area contributed by atoms with Crippen LogP contribution in [0.15, 0.2) is 42.5 Å². The van der Waals surface area contributed by atoms with Gasteiger partial charge in [0.1, 0.15) is 0 Å². The summed E-state index contributed by atoms with van der Waals surface area (Å²) in [6.45, 7) is 1.48. The van der Waals surface area contributed by atoms with Crippen LogP contribution in [0.4, 0.5) is 24.5 Å². The number of hydrogen-bond acceptors (Lipinski definition) is 2. The molecule has 1 aliphatic heterocycles. The Kier molecular flexibility index (Phi) is 6.75. The van der Waals surface area contributed by atoms with Crippen molar-refractivity contribution in [3.63, 3.8) is 0 Å². The van der Waals surface area contributed by atoms with Gasteiger partial charge in [0.05, 0.1) is 16.9 Å². The second-order valence-electron chi connectivity index (χ2n) is 6.77. The molecule has 1 N–H and O–H groups in total. The maximum Gasteiger partial charge on any atom is 0.416 e. The maximum absolute atomic E-state index is 13.2. The Morgan fingerprint density at radius 1 is 1.03 bits per heavy atom. The Morgan fingerprint density at radius 3 is 2.41 bits per heavy atom. The SMILES string of the molecule is O=C(/C=C/c1ccc(Cl)cc1Cl)Nc1cc(C(F)(F)F)ccc1N1CCCCC1. The molecule has 0 unspecified atom stereocenters. The lowest BCUT2D eigenvalue weighted by atomic mass is 10.1. The molecule has 1 fully saturated rings. The van der Waals surface area contributed by atoms with Crippen molar-refractivity contribution < 1.29 is 18.0 Å². The van der Waals surface area contributed by atoms with Crippen molar-refractivity contribution in [2.24, 2.45) is 0 Å². The van der Waals surface area contributed by atoms with Gasteiger partial charge in [-0.2, -0.15) is 13.2 Å². The van der Waals surface area contributed by atoms with E-state index >= 15 is 0 Å². The van der Waals surface area contributed by atoms with Crippen molar-refractivity contribution in [1.29, 1.82) is 0 Å². The number of anilines is 2. The number of alkyl halides is 3. The molecule has 8 heteroatoms. The van der Waals surface area contributed by atoms with Crippen molar-refractivity contribution in [3.8, 4) is 0 Å². The van der Waals surface area contributed by atoms with E-state index in [9.17, 15) is 18.0 Å². The summed E-state index contributed by atoms with van der Waals surface area (Å²) in [5, 5.41) is 3.42. The van der Waals surface area contributed by atoms with Gasteiger partial charge in [0.25, 0.3) is 0 Å². The molecule has 1 heterocycles. The van der Waals surface area contributed by atoms with E-state index in [2.05, 4.69) is 5.32 Å². The van der Waals surface area contributed by atoms with Gasteiger partial charge in [-0.15, -0.1) is 0 Å². The summed E-state index contributed by atoms with van der Waals surface area (Å²) >= 11 is 11.9. The molecule has 0 bridgehead atoms. The molecule has 3 rings (SSSR count). The number of carbonyl (C=O) groups is 1. The van der Waals surface area contributed by atoms with Gasteiger partial charge in [0.2, 0.25) is 5.91 Å². The molecule has 154 valence electrons. The largest absolute Gasteiger partial charge is 0.416 e. The number of nitrogens with one attached hydrogen (secondary N) is 1. The maximum atomic E-state index is 13.2. The molecule has 1 amide bonds. The van der Waals surface area contributed by atoms with Crippen LogP contribution in [-0.4, -0.2) is 19.0 Å². The average Bonchev–Trinajstić information content (AvgIpc) is 2.67. The number of hydrogen-bond donors (Lipinski definition) is 1. The van der Waals surface area contributed by atoms with Crippen molar-refractivity contribution in [2.45, 2.75) is 25.4 Å². The Balaban J connectivity index is 1.84. The first-order valence-corrected chi connectivity index (χ1v) is 9.90. The molecule has 0 radical (unpaired) electrons. The van der Waals surface area contributed by atoms with E-state index < -0.39 is 17.6 Å². The number of amides is 1. The van der Waals surface area contributed by atoms with Crippen molar-refractivity contribution >= 4 is 46.6 Å². The third-order valence-electron chi connectivity index (χ3n) is 4.66. The smallest absolute Gasteiger partial charge is 0.370 e. The van der Waals surface area contributed by atoms with Crippen LogP contribution in [-0.2, 0) is 11.0 Å². The standard InChI is InChI=1S/C21H19Cl2F3N2O/c22-16-7-4-14(17(23)13-16)5-9-20(29)27-18-12-15(21(24,25)26)6-8-19(18)28-10-2-1-3-11-28/h4-9,12-13H,1-3,10-11H2,(H,27,29)/b9-5+. The topological polar surface area (TPSA) is 32.3 Å². The number of piperidine rings is 1. The zero-order valence-electron chi connectivity index (χ0n) is 15.4. The van der Waals surface area contributed by atoms with Gasteiger partial charge in [-0.05, 0) is 61.2 Å². The molecule has 0 aliphatic carbocycles. The highest BCUT2D eigenvalue weighted by molar-refractivity contribution is 6.35. The van der Waals surface area contributed by atoms with E-state index in [1.54, 1.807) is 18.2 Å². The third kappa shape index (κ3) is 5.67. The Morgan fingerprint density at radius 2 is 1.76 bits per heavy atom. The minimum atomic E-state index is -4.49. The first kappa shape index (κ1) is 21.5. The zero-order chi connectivity index (χ0) is 21.0. The quantitative estimate of drug-likeness (QED) is 0.537. The predicted octanol–water partition coefficient (Wildman–Crippen LogP) is 6.65. The first-order chi connectivity index (χ1) is 13.7. The van der Waals surface area contributed by atoms with Gasteiger partial charge in [0, 0.05) is 29.2 Å². The fourth-order valence-electron chi connectivity index (χ4n) is 3.20. The van der Waals surface area contributed by atoms with Crippen LogP contribution in [0.2, 0.25) is 10.0 Å². The van der Waals surface area contributed by atoms with E-state index in [0.717, 1.165) is 44.5 Å². The summed E-state index contributed by atoms with van der Waals surface area (Å²) in [5.74, 6) is -0.548. The van der Waals surface area contributed by atoms with Crippen LogP contribution in [0.5, 0.6) is 0 Å². The fourth-order valence-corrected chi connectivity index (χ4v) is 3.67. The predicted molar refractivity (Wildman–Crippen MR) is 112 cm³/mol. The summed E-state index contributed by atoms with van der Waals surface area (Å²) in [7, 11) is 0. The summed E-state index contributed by atoms with van der Waals surface area (Å²) in [6, 6.07) is 8.27. The molecule has 0 atom stereocenters. The molecule has 1 saturated heterocycles. The van der Waals surface area contributed by atoms with Crippen LogP contribution in [0.25, 0.3) is 6.08 Å². The summed E-state index contributed by atoms with van der Waals surface area (Å²) < 4.78 is 39.5. The molecule has 2 aromatic rings. The number of rotatable bonds is 4. The summed E-state index contributed by atoms with van der Waals surface area (Å²) in [4.78, 5) is 14.4. The highest BCUT2D eigenvalue weighted by Gasteiger charge is 2.31. The Hall–Kier alpha value is -2.18. The van der Waals surface area contributed by atoms with E-state index in [4.69, 9.17) is 23.2 Å². The first-order valence-electron chi connectivity index (χ1n) is 9.14. The van der Waals surface area contributed by atoms with Gasteiger partial charge in [0.15, 0.2) is 0 Å². The van der Waals surface area contributed by atoms with Crippen LogP contribution >= 0.6 is 23.2 Å². The molecule has 1 aliphatic rings. The zero-order valence-corrected chi connectivity index (χ0v) is 16.9. The average molecular weight is 443 g/mol. The molecule has 3 nitrogen and oxygen atoms in total. The lowest BCUT2D eigenvalue weighted by Gasteiger charge is -2.31. The molecule has 0 spiro atoms. The second kappa shape index (κ2) is 9.09. The van der Waals surface area contributed by atoms with E-state index in [1.165, 1.54) is 18.2 Å². The monoisotopic (exact) mass is 442 g/mol. The van der Waals surface area contributed by atoms with Gasteiger partial charge < -0.3 is 10.2 Å². The van der Waals surface area contributed by atoms with Crippen LogP contribution in [0, 0.1) is 0 Å². The Labute approximate surface area is 177 Å². The van der Waals surface area contributed by atoms with Crippen molar-refractivity contribution in [3.05, 3.63) is 63.6 Å². The lowest BCUT2D eigenvalue weighted by Crippen LogP contribution is -2.30. The minimum absolute atomic E-state index is 0.138. The van der Waals surface area contributed by atoms with E-state index in [1.807, 2.05) is 4.90 Å².